The smallest absolute Gasteiger partial charge is 0.410 e. The summed E-state index contributed by atoms with van der Waals surface area (Å²) in [4.78, 5) is 14.2. The van der Waals surface area contributed by atoms with Gasteiger partial charge in [-0.15, -0.1) is 0 Å². The fraction of sp³-hybridized carbons (Fsp3) is 0.941. The van der Waals surface area contributed by atoms with Crippen molar-refractivity contribution in [3.8, 4) is 0 Å². The summed E-state index contributed by atoms with van der Waals surface area (Å²) in [5, 5.41) is 3.50. The minimum Gasteiger partial charge on any atom is -0.444 e. The number of nitrogens with zero attached hydrogens (tertiary/aromatic N) is 1. The number of rotatable bonds is 6. The molecule has 1 saturated heterocycles. The van der Waals surface area contributed by atoms with Crippen molar-refractivity contribution in [1.29, 1.82) is 0 Å². The topological polar surface area (TPSA) is 50.8 Å². The molecule has 1 aliphatic heterocycles. The van der Waals surface area contributed by atoms with Gasteiger partial charge in [0.25, 0.3) is 0 Å². The van der Waals surface area contributed by atoms with Crippen LogP contribution in [0.25, 0.3) is 0 Å². The maximum Gasteiger partial charge on any atom is 0.410 e. The maximum absolute atomic E-state index is 12.3. The summed E-state index contributed by atoms with van der Waals surface area (Å²) >= 11 is 0. The van der Waals surface area contributed by atoms with Gasteiger partial charge in [0, 0.05) is 32.3 Å². The zero-order valence-electron chi connectivity index (χ0n) is 15.4. The third-order valence-corrected chi connectivity index (χ3v) is 4.06. The fourth-order valence-corrected chi connectivity index (χ4v) is 2.63. The highest BCUT2D eigenvalue weighted by Crippen LogP contribution is 2.24. The number of methoxy groups -OCH3 is 1. The summed E-state index contributed by atoms with van der Waals surface area (Å²) in [6.45, 7) is 13.6. The third kappa shape index (κ3) is 6.53. The van der Waals surface area contributed by atoms with Crippen LogP contribution in [0.4, 0.5) is 4.79 Å². The highest BCUT2D eigenvalue weighted by atomic mass is 16.6. The van der Waals surface area contributed by atoms with Gasteiger partial charge in [0.05, 0.1) is 5.60 Å². The summed E-state index contributed by atoms with van der Waals surface area (Å²) in [5.41, 5.74) is -0.606. The van der Waals surface area contributed by atoms with Gasteiger partial charge in [0.2, 0.25) is 0 Å². The monoisotopic (exact) mass is 314 g/mol. The van der Waals surface area contributed by atoms with Gasteiger partial charge in [-0.2, -0.15) is 0 Å². The van der Waals surface area contributed by atoms with Crippen molar-refractivity contribution in [2.24, 2.45) is 0 Å². The van der Waals surface area contributed by atoms with Crippen molar-refractivity contribution in [2.75, 3.05) is 20.2 Å². The lowest BCUT2D eigenvalue weighted by Crippen LogP contribution is -2.45. The molecule has 1 N–H and O–H groups in total. The Bertz CT molecular complexity index is 363. The first-order chi connectivity index (χ1) is 10.0. The van der Waals surface area contributed by atoms with Crippen molar-refractivity contribution in [3.05, 3.63) is 0 Å². The van der Waals surface area contributed by atoms with E-state index in [0.29, 0.717) is 6.04 Å². The molecule has 2 atom stereocenters. The van der Waals surface area contributed by atoms with Crippen LogP contribution in [-0.2, 0) is 9.47 Å². The first kappa shape index (κ1) is 19.2. The molecule has 1 heterocycles. The molecule has 0 bridgehead atoms. The SMILES string of the molecule is COC(C)(C)CNC(C)CC1CCCN1C(=O)OC(C)(C)C. The molecule has 1 rings (SSSR count). The van der Waals surface area contributed by atoms with Crippen LogP contribution < -0.4 is 5.32 Å². The van der Waals surface area contributed by atoms with E-state index in [2.05, 4.69) is 26.1 Å². The number of hydrogen-bond acceptors (Lipinski definition) is 4. The van der Waals surface area contributed by atoms with Gasteiger partial charge in [0.15, 0.2) is 0 Å². The molecule has 0 aliphatic carbocycles. The van der Waals surface area contributed by atoms with E-state index in [0.717, 1.165) is 32.4 Å². The largest absolute Gasteiger partial charge is 0.444 e. The number of amides is 1. The Hall–Kier alpha value is -0.810. The Labute approximate surface area is 135 Å². The van der Waals surface area contributed by atoms with E-state index in [4.69, 9.17) is 9.47 Å². The molecular formula is C17H34N2O3. The Balaban J connectivity index is 2.48. The summed E-state index contributed by atoms with van der Waals surface area (Å²) < 4.78 is 10.9. The highest BCUT2D eigenvalue weighted by molar-refractivity contribution is 5.68. The first-order valence-corrected chi connectivity index (χ1v) is 8.32. The van der Waals surface area contributed by atoms with Crippen LogP contribution in [0.2, 0.25) is 0 Å². The molecule has 22 heavy (non-hydrogen) atoms. The maximum atomic E-state index is 12.3. The van der Waals surface area contributed by atoms with Gasteiger partial charge in [-0.25, -0.2) is 4.79 Å². The quantitative estimate of drug-likeness (QED) is 0.818. The lowest BCUT2D eigenvalue weighted by atomic mass is 10.0. The van der Waals surface area contributed by atoms with Gasteiger partial charge < -0.3 is 19.7 Å². The van der Waals surface area contributed by atoms with E-state index in [9.17, 15) is 4.79 Å². The minimum absolute atomic E-state index is 0.172. The van der Waals surface area contributed by atoms with Gasteiger partial charge in [-0.3, -0.25) is 0 Å². The van der Waals surface area contributed by atoms with E-state index in [1.165, 1.54) is 0 Å². The van der Waals surface area contributed by atoms with Crippen LogP contribution in [-0.4, -0.2) is 54.5 Å². The molecule has 0 aromatic rings. The average Bonchev–Trinajstić information content (AvgIpc) is 2.83. The van der Waals surface area contributed by atoms with Crippen LogP contribution in [0.5, 0.6) is 0 Å². The molecule has 0 saturated carbocycles. The van der Waals surface area contributed by atoms with Gasteiger partial charge in [0.1, 0.15) is 5.60 Å². The predicted molar refractivity (Wildman–Crippen MR) is 89.1 cm³/mol. The lowest BCUT2D eigenvalue weighted by Gasteiger charge is -2.31. The molecular weight excluding hydrogens is 280 g/mol. The van der Waals surface area contributed by atoms with E-state index in [1.54, 1.807) is 7.11 Å². The number of ether oxygens (including phenoxy) is 2. The zero-order chi connectivity index (χ0) is 17.0. The molecule has 1 aliphatic rings. The Morgan fingerprint density at radius 3 is 2.50 bits per heavy atom. The van der Waals surface area contributed by atoms with Crippen LogP contribution in [0.1, 0.15) is 60.8 Å². The van der Waals surface area contributed by atoms with Crippen molar-refractivity contribution in [1.82, 2.24) is 10.2 Å². The number of hydrogen-bond donors (Lipinski definition) is 1. The summed E-state index contributed by atoms with van der Waals surface area (Å²) in [7, 11) is 1.73. The molecule has 5 heteroatoms. The second kappa shape index (κ2) is 7.64. The summed E-state index contributed by atoms with van der Waals surface area (Å²) in [6.07, 6.45) is 2.87. The van der Waals surface area contributed by atoms with E-state index in [1.807, 2.05) is 25.7 Å². The Kier molecular flexibility index (Phi) is 6.68. The second-order valence-corrected chi connectivity index (χ2v) is 7.95. The molecule has 0 aromatic heterocycles. The van der Waals surface area contributed by atoms with Crippen molar-refractivity contribution < 1.29 is 14.3 Å². The van der Waals surface area contributed by atoms with Gasteiger partial charge in [-0.1, -0.05) is 0 Å². The van der Waals surface area contributed by atoms with Crippen molar-refractivity contribution in [3.63, 3.8) is 0 Å². The van der Waals surface area contributed by atoms with Gasteiger partial charge >= 0.3 is 6.09 Å². The third-order valence-electron chi connectivity index (χ3n) is 4.06. The van der Waals surface area contributed by atoms with Crippen LogP contribution in [0, 0.1) is 0 Å². The number of likely N-dealkylation sites (tertiary alicyclic amines) is 1. The van der Waals surface area contributed by atoms with E-state index in [-0.39, 0.29) is 17.7 Å². The molecule has 0 aromatic carbocycles. The van der Waals surface area contributed by atoms with Gasteiger partial charge in [-0.05, 0) is 60.8 Å². The number of carbonyl (C=O) groups is 1. The highest BCUT2D eigenvalue weighted by Gasteiger charge is 2.33. The van der Waals surface area contributed by atoms with Crippen LogP contribution >= 0.6 is 0 Å². The predicted octanol–water partition coefficient (Wildman–Crippen LogP) is 3.18. The van der Waals surface area contributed by atoms with E-state index < -0.39 is 5.60 Å². The Morgan fingerprint density at radius 2 is 1.95 bits per heavy atom. The minimum atomic E-state index is -0.434. The Morgan fingerprint density at radius 1 is 1.32 bits per heavy atom. The molecule has 2 unspecified atom stereocenters. The summed E-state index contributed by atoms with van der Waals surface area (Å²) in [6, 6.07) is 0.602. The van der Waals surface area contributed by atoms with Crippen LogP contribution in [0.3, 0.4) is 0 Å². The van der Waals surface area contributed by atoms with Crippen LogP contribution in [0.15, 0.2) is 0 Å². The normalized spacial score (nSPS) is 21.0. The molecule has 0 radical (unpaired) electrons. The van der Waals surface area contributed by atoms with Crippen molar-refractivity contribution in [2.45, 2.75) is 84.1 Å². The van der Waals surface area contributed by atoms with Crippen molar-refractivity contribution >= 4 is 6.09 Å². The second-order valence-electron chi connectivity index (χ2n) is 7.95. The molecule has 1 fully saturated rings. The molecule has 1 amide bonds. The molecule has 0 spiro atoms. The number of nitrogens with one attached hydrogen (secondary N) is 1. The fourth-order valence-electron chi connectivity index (χ4n) is 2.63. The molecule has 5 nitrogen and oxygen atoms in total. The lowest BCUT2D eigenvalue weighted by molar-refractivity contribution is 0.0163. The summed E-state index contributed by atoms with van der Waals surface area (Å²) in [5.74, 6) is 0. The van der Waals surface area contributed by atoms with E-state index >= 15 is 0 Å². The standard InChI is InChI=1S/C17H34N2O3/c1-13(18-12-17(5,6)21-7)11-14-9-8-10-19(14)15(20)22-16(2,3)4/h13-14,18H,8-12H2,1-7H3. The average molecular weight is 314 g/mol. The first-order valence-electron chi connectivity index (χ1n) is 8.32. The molecule has 130 valence electrons. The number of carbonyl (C=O) groups excluding carboxylic acids is 1. The zero-order valence-corrected chi connectivity index (χ0v) is 15.4.